The van der Waals surface area contributed by atoms with E-state index in [9.17, 15) is 4.79 Å². The molecule has 9 heteroatoms. The number of amides is 1. The lowest BCUT2D eigenvalue weighted by molar-refractivity contribution is 0.0934. The number of aromatic nitrogens is 5. The standard InChI is InChI=1S/C22H23ClN6OS/c1-14-20(23)15(2)29(27-14)17-9-7-16(8-10-17)22(30)24-18(11-13-31-3)21-26-25-19-6-4-5-12-28(19)21/h4-10,12,18H,11,13H2,1-3H3,(H,24,30)/t18-/m1/s1. The quantitative estimate of drug-likeness (QED) is 0.447. The number of nitrogens with zero attached hydrogens (tertiary/aromatic N) is 5. The molecule has 1 atom stereocenters. The first-order valence-corrected chi connectivity index (χ1v) is 11.7. The maximum atomic E-state index is 13.0. The molecule has 1 N–H and O–H groups in total. The Morgan fingerprint density at radius 3 is 2.61 bits per heavy atom. The summed E-state index contributed by atoms with van der Waals surface area (Å²) in [6.45, 7) is 3.79. The van der Waals surface area contributed by atoms with Crippen LogP contribution in [-0.2, 0) is 0 Å². The van der Waals surface area contributed by atoms with E-state index < -0.39 is 0 Å². The fourth-order valence-electron chi connectivity index (χ4n) is 3.47. The molecular formula is C22H23ClN6OS. The molecule has 3 aromatic heterocycles. The minimum atomic E-state index is -0.244. The van der Waals surface area contributed by atoms with Crippen LogP contribution in [0.25, 0.3) is 11.3 Å². The van der Waals surface area contributed by atoms with Gasteiger partial charge < -0.3 is 5.32 Å². The minimum Gasteiger partial charge on any atom is -0.342 e. The normalized spacial score (nSPS) is 12.3. The molecule has 7 nitrogen and oxygen atoms in total. The third-order valence-corrected chi connectivity index (χ3v) is 6.34. The van der Waals surface area contributed by atoms with Crippen molar-refractivity contribution in [2.45, 2.75) is 26.3 Å². The number of hydrogen-bond donors (Lipinski definition) is 1. The summed E-state index contributed by atoms with van der Waals surface area (Å²) in [6.07, 6.45) is 4.72. The van der Waals surface area contributed by atoms with Crippen molar-refractivity contribution in [1.29, 1.82) is 0 Å². The highest BCUT2D eigenvalue weighted by Gasteiger charge is 2.21. The second-order valence-corrected chi connectivity index (χ2v) is 8.60. The number of thioether (sulfide) groups is 1. The lowest BCUT2D eigenvalue weighted by Gasteiger charge is -2.17. The van der Waals surface area contributed by atoms with Gasteiger partial charge in [-0.05, 0) is 68.7 Å². The van der Waals surface area contributed by atoms with Gasteiger partial charge in [0.25, 0.3) is 5.91 Å². The molecule has 0 aliphatic heterocycles. The van der Waals surface area contributed by atoms with Gasteiger partial charge in [-0.2, -0.15) is 16.9 Å². The van der Waals surface area contributed by atoms with Crippen LogP contribution in [0.3, 0.4) is 0 Å². The predicted octanol–water partition coefficient (Wildman–Crippen LogP) is 4.41. The van der Waals surface area contributed by atoms with Gasteiger partial charge in [0.2, 0.25) is 0 Å². The maximum absolute atomic E-state index is 13.0. The Labute approximate surface area is 189 Å². The minimum absolute atomic E-state index is 0.156. The van der Waals surface area contributed by atoms with Gasteiger partial charge in [-0.25, -0.2) is 4.68 Å². The lowest BCUT2D eigenvalue weighted by atomic mass is 10.1. The van der Waals surface area contributed by atoms with E-state index >= 15 is 0 Å². The first kappa shape index (κ1) is 21.4. The Morgan fingerprint density at radius 2 is 1.94 bits per heavy atom. The van der Waals surface area contributed by atoms with Crippen LogP contribution in [0.15, 0.2) is 48.7 Å². The van der Waals surface area contributed by atoms with Gasteiger partial charge in [-0.1, -0.05) is 17.7 Å². The van der Waals surface area contributed by atoms with Crippen molar-refractivity contribution in [2.24, 2.45) is 0 Å². The summed E-state index contributed by atoms with van der Waals surface area (Å²) >= 11 is 7.99. The average Bonchev–Trinajstić information content (AvgIpc) is 3.33. The van der Waals surface area contributed by atoms with Crippen LogP contribution < -0.4 is 5.32 Å². The van der Waals surface area contributed by atoms with Crippen LogP contribution in [0.1, 0.15) is 40.0 Å². The Balaban J connectivity index is 1.56. The molecule has 0 unspecified atom stereocenters. The summed E-state index contributed by atoms with van der Waals surface area (Å²) in [7, 11) is 0. The van der Waals surface area contributed by atoms with Crippen LogP contribution in [0, 0.1) is 13.8 Å². The van der Waals surface area contributed by atoms with Crippen LogP contribution in [0.2, 0.25) is 5.02 Å². The van der Waals surface area contributed by atoms with Crippen molar-refractivity contribution in [3.63, 3.8) is 0 Å². The molecule has 0 saturated heterocycles. The molecule has 4 aromatic rings. The van der Waals surface area contributed by atoms with Crippen LogP contribution in [0.4, 0.5) is 0 Å². The molecule has 0 radical (unpaired) electrons. The second kappa shape index (κ2) is 9.11. The molecule has 1 amide bonds. The third kappa shape index (κ3) is 4.31. The number of carbonyl (C=O) groups excluding carboxylic acids is 1. The van der Waals surface area contributed by atoms with E-state index in [1.807, 2.05) is 61.0 Å². The first-order chi connectivity index (χ1) is 15.0. The topological polar surface area (TPSA) is 77.1 Å². The number of aryl methyl sites for hydroxylation is 1. The summed E-state index contributed by atoms with van der Waals surface area (Å²) in [6, 6.07) is 12.8. The van der Waals surface area contributed by atoms with Crippen LogP contribution in [0.5, 0.6) is 0 Å². The van der Waals surface area contributed by atoms with Crippen molar-refractivity contribution in [3.05, 3.63) is 76.5 Å². The highest BCUT2D eigenvalue weighted by atomic mass is 35.5. The molecule has 0 bridgehead atoms. The van der Waals surface area contributed by atoms with Gasteiger partial charge in [0.15, 0.2) is 11.5 Å². The van der Waals surface area contributed by atoms with Crippen LogP contribution >= 0.6 is 23.4 Å². The molecule has 0 saturated carbocycles. The number of halogens is 1. The average molecular weight is 455 g/mol. The molecule has 31 heavy (non-hydrogen) atoms. The van der Waals surface area contributed by atoms with E-state index in [1.54, 1.807) is 28.6 Å². The Morgan fingerprint density at radius 1 is 1.16 bits per heavy atom. The zero-order valence-electron chi connectivity index (χ0n) is 17.5. The summed E-state index contributed by atoms with van der Waals surface area (Å²) in [5, 5.41) is 16.8. The van der Waals surface area contributed by atoms with E-state index in [1.165, 1.54) is 0 Å². The van der Waals surface area contributed by atoms with E-state index in [4.69, 9.17) is 11.6 Å². The van der Waals surface area contributed by atoms with Crippen molar-refractivity contribution in [3.8, 4) is 5.69 Å². The SMILES string of the molecule is CSCC[C@@H](NC(=O)c1ccc(-n2nc(C)c(Cl)c2C)cc1)c1nnc2ccccn12. The van der Waals surface area contributed by atoms with Crippen LogP contribution in [-0.4, -0.2) is 42.3 Å². The molecule has 160 valence electrons. The number of nitrogens with one attached hydrogen (secondary N) is 1. The number of rotatable bonds is 7. The van der Waals surface area contributed by atoms with Crippen molar-refractivity contribution >= 4 is 34.9 Å². The number of pyridine rings is 1. The van der Waals surface area contributed by atoms with Crippen molar-refractivity contribution in [1.82, 2.24) is 29.7 Å². The molecular weight excluding hydrogens is 432 g/mol. The van der Waals surface area contributed by atoms with Crippen molar-refractivity contribution in [2.75, 3.05) is 12.0 Å². The molecule has 0 aliphatic rings. The van der Waals surface area contributed by atoms with Gasteiger partial charge >= 0.3 is 0 Å². The first-order valence-electron chi connectivity index (χ1n) is 9.91. The lowest BCUT2D eigenvalue weighted by Crippen LogP contribution is -2.30. The number of carbonyl (C=O) groups is 1. The molecule has 0 aliphatic carbocycles. The Bertz CT molecular complexity index is 1220. The van der Waals surface area contributed by atoms with E-state index in [0.29, 0.717) is 10.6 Å². The van der Waals surface area contributed by atoms with Gasteiger partial charge in [-0.3, -0.25) is 9.20 Å². The second-order valence-electron chi connectivity index (χ2n) is 7.24. The summed E-state index contributed by atoms with van der Waals surface area (Å²) in [5.41, 5.74) is 3.82. The summed E-state index contributed by atoms with van der Waals surface area (Å²) < 4.78 is 3.70. The van der Waals surface area contributed by atoms with E-state index in [0.717, 1.165) is 40.7 Å². The Hall–Kier alpha value is -2.84. The smallest absolute Gasteiger partial charge is 0.251 e. The largest absolute Gasteiger partial charge is 0.342 e. The summed E-state index contributed by atoms with van der Waals surface area (Å²) in [4.78, 5) is 13.0. The number of hydrogen-bond acceptors (Lipinski definition) is 5. The molecule has 1 aromatic carbocycles. The number of fused-ring (bicyclic) bond motifs is 1. The van der Waals surface area contributed by atoms with Crippen molar-refractivity contribution < 1.29 is 4.79 Å². The van der Waals surface area contributed by atoms with Gasteiger partial charge in [0.1, 0.15) is 0 Å². The molecule has 4 rings (SSSR count). The fraction of sp³-hybridized carbons (Fsp3) is 0.273. The highest BCUT2D eigenvalue weighted by Crippen LogP contribution is 2.23. The fourth-order valence-corrected chi connectivity index (χ4v) is 4.06. The van der Waals surface area contributed by atoms with Gasteiger partial charge in [-0.15, -0.1) is 10.2 Å². The number of benzene rings is 1. The molecule has 3 heterocycles. The van der Waals surface area contributed by atoms with Gasteiger partial charge in [0.05, 0.1) is 28.1 Å². The highest BCUT2D eigenvalue weighted by molar-refractivity contribution is 7.98. The van der Waals surface area contributed by atoms with E-state index in [2.05, 4.69) is 20.6 Å². The zero-order chi connectivity index (χ0) is 22.0. The Kier molecular flexibility index (Phi) is 6.29. The van der Waals surface area contributed by atoms with E-state index in [-0.39, 0.29) is 11.9 Å². The monoisotopic (exact) mass is 454 g/mol. The molecule has 0 fully saturated rings. The summed E-state index contributed by atoms with van der Waals surface area (Å²) in [5.74, 6) is 1.47. The molecule has 0 spiro atoms. The third-order valence-electron chi connectivity index (χ3n) is 5.14. The van der Waals surface area contributed by atoms with Gasteiger partial charge in [0, 0.05) is 11.8 Å². The maximum Gasteiger partial charge on any atom is 0.251 e. The zero-order valence-corrected chi connectivity index (χ0v) is 19.1. The predicted molar refractivity (Wildman–Crippen MR) is 124 cm³/mol.